The average molecular weight is 396 g/mol. The molecule has 1 heterocycles. The van der Waals surface area contributed by atoms with Crippen molar-refractivity contribution in [1.29, 1.82) is 0 Å². The number of carbonyl (C=O) groups excluding carboxylic acids is 1. The molecule has 0 bridgehead atoms. The number of aliphatic imine (C=N–C) groups is 1. The summed E-state index contributed by atoms with van der Waals surface area (Å²) in [5, 5.41) is 0. The Balaban J connectivity index is 2.53. The number of Topliss-reactive ketones (excluding diaryl/α,β-unsaturated/α-hetero) is 1. The van der Waals surface area contributed by atoms with Gasteiger partial charge in [0.15, 0.2) is 7.93 Å². The first-order valence-electron chi connectivity index (χ1n) is 4.25. The Kier molecular flexibility index (Phi) is 3.14. The fourth-order valence-corrected chi connectivity index (χ4v) is 2.36. The molecule has 0 fully saturated rings. The molecule has 0 atom stereocenters. The van der Waals surface area contributed by atoms with Crippen LogP contribution in [0.4, 0.5) is 5.69 Å². The van der Waals surface area contributed by atoms with E-state index in [-0.39, 0.29) is 5.78 Å². The Morgan fingerprint density at radius 3 is 2.53 bits per heavy atom. The lowest BCUT2D eigenvalue weighted by Gasteiger charge is -2.19. The van der Waals surface area contributed by atoms with E-state index in [0.717, 1.165) is 11.3 Å². The molecule has 0 spiro atoms. The van der Waals surface area contributed by atoms with Crippen LogP contribution in [0.2, 0.25) is 0 Å². The van der Waals surface area contributed by atoms with Crippen LogP contribution in [-0.2, 0) is 11.2 Å². The van der Waals surface area contributed by atoms with Crippen molar-refractivity contribution < 1.29 is 4.79 Å². The maximum atomic E-state index is 11.8. The van der Waals surface area contributed by atoms with Crippen LogP contribution in [0.3, 0.4) is 0 Å². The molecule has 0 aliphatic carbocycles. The van der Waals surface area contributed by atoms with E-state index in [1.165, 1.54) is 0 Å². The van der Waals surface area contributed by atoms with E-state index in [1.807, 2.05) is 24.3 Å². The number of fused-ring (bicyclic) bond motifs is 1. The van der Waals surface area contributed by atoms with Gasteiger partial charge < -0.3 is 0 Å². The highest BCUT2D eigenvalue weighted by atomic mass is 80.0. The van der Waals surface area contributed by atoms with E-state index < -0.39 is 2.14 Å². The molecule has 0 radical (unpaired) electrons. The van der Waals surface area contributed by atoms with Gasteiger partial charge in [0.2, 0.25) is 0 Å². The topological polar surface area (TPSA) is 29.4 Å². The maximum absolute atomic E-state index is 11.8. The molecule has 2 rings (SSSR count). The molecule has 0 aromatic heterocycles. The summed E-state index contributed by atoms with van der Waals surface area (Å²) >= 11 is 9.94. The van der Waals surface area contributed by atoms with Crippen LogP contribution >= 0.6 is 47.8 Å². The fourth-order valence-electron chi connectivity index (χ4n) is 1.43. The molecule has 1 aromatic carbocycles. The third-order valence-electron chi connectivity index (χ3n) is 2.11. The summed E-state index contributed by atoms with van der Waals surface area (Å²) in [5.41, 5.74) is 2.28. The monoisotopic (exact) mass is 393 g/mol. The first-order valence-corrected chi connectivity index (χ1v) is 6.63. The Bertz CT molecular complexity index is 448. The number of hydrogen-bond donors (Lipinski definition) is 0. The largest absolute Gasteiger partial charge is 0.292 e. The summed E-state index contributed by atoms with van der Waals surface area (Å²) < 4.78 is -0.725. The third kappa shape index (κ3) is 2.40. The number of nitrogens with zero attached hydrogens (tertiary/aromatic N) is 1. The summed E-state index contributed by atoms with van der Waals surface area (Å²) in [4.78, 5) is 16.1. The van der Waals surface area contributed by atoms with E-state index >= 15 is 0 Å². The van der Waals surface area contributed by atoms with E-state index in [2.05, 4.69) is 52.8 Å². The highest BCUT2D eigenvalue weighted by Gasteiger charge is 2.34. The summed E-state index contributed by atoms with van der Waals surface area (Å²) in [5.74, 6) is 0.0133. The number of carbonyl (C=O) groups is 1. The summed E-state index contributed by atoms with van der Waals surface area (Å²) in [6.07, 6.45) is 0.402. The van der Waals surface area contributed by atoms with Crippen LogP contribution in [-0.4, -0.2) is 13.6 Å². The molecule has 0 N–H and O–H groups in total. The third-order valence-corrected chi connectivity index (χ3v) is 3.23. The number of benzene rings is 1. The van der Waals surface area contributed by atoms with Crippen LogP contribution in [0.1, 0.15) is 5.56 Å². The van der Waals surface area contributed by atoms with E-state index in [4.69, 9.17) is 0 Å². The van der Waals surface area contributed by atoms with E-state index in [9.17, 15) is 4.79 Å². The van der Waals surface area contributed by atoms with Gasteiger partial charge in [-0.05, 0) is 11.6 Å². The highest BCUT2D eigenvalue weighted by molar-refractivity contribution is 9.40. The Morgan fingerprint density at radius 1 is 1.20 bits per heavy atom. The van der Waals surface area contributed by atoms with Gasteiger partial charge >= 0.3 is 0 Å². The van der Waals surface area contributed by atoms with Gasteiger partial charge in [0.1, 0.15) is 5.71 Å². The van der Waals surface area contributed by atoms with Gasteiger partial charge in [0.25, 0.3) is 0 Å². The number of ketones is 1. The van der Waals surface area contributed by atoms with Gasteiger partial charge in [-0.25, -0.2) is 4.99 Å². The lowest BCUT2D eigenvalue weighted by molar-refractivity contribution is -0.112. The van der Waals surface area contributed by atoms with Gasteiger partial charge in [0.05, 0.1) is 5.69 Å². The molecule has 0 unspecified atom stereocenters. The molecule has 1 aromatic rings. The van der Waals surface area contributed by atoms with Gasteiger partial charge in [-0.1, -0.05) is 66.0 Å². The van der Waals surface area contributed by atoms with Crippen molar-refractivity contribution in [1.82, 2.24) is 0 Å². The Hall–Kier alpha value is 0. The predicted molar refractivity (Wildman–Crippen MR) is 71.8 cm³/mol. The number of alkyl halides is 3. The fraction of sp³-hybridized carbons (Fsp3) is 0.200. The zero-order valence-electron chi connectivity index (χ0n) is 7.51. The van der Waals surface area contributed by atoms with Gasteiger partial charge in [-0.15, -0.1) is 0 Å². The molecule has 15 heavy (non-hydrogen) atoms. The summed E-state index contributed by atoms with van der Waals surface area (Å²) in [6, 6.07) is 7.65. The lowest BCUT2D eigenvalue weighted by atomic mass is 10.0. The van der Waals surface area contributed by atoms with Crippen molar-refractivity contribution in [3.63, 3.8) is 0 Å². The molecule has 78 valence electrons. The van der Waals surface area contributed by atoms with Crippen molar-refractivity contribution in [3.8, 4) is 0 Å². The predicted octanol–water partition coefficient (Wildman–Crippen LogP) is 3.72. The molecule has 0 saturated carbocycles. The van der Waals surface area contributed by atoms with Gasteiger partial charge in [0, 0.05) is 6.42 Å². The normalized spacial score (nSPS) is 15.9. The minimum Gasteiger partial charge on any atom is -0.292 e. The molecular weight excluding hydrogens is 390 g/mol. The average Bonchev–Trinajstić information content (AvgIpc) is 2.15. The SMILES string of the molecule is O=C1Cc2ccccc2N=C1C(Br)(Br)Br. The molecule has 1 aliphatic rings. The molecular formula is C10H6Br3NO. The number of para-hydroxylation sites is 1. The van der Waals surface area contributed by atoms with Crippen molar-refractivity contribution in [2.75, 3.05) is 0 Å². The summed E-state index contributed by atoms with van der Waals surface area (Å²) in [7, 11) is 0. The second kappa shape index (κ2) is 4.11. The molecule has 5 heteroatoms. The smallest absolute Gasteiger partial charge is 0.184 e. The quantitative estimate of drug-likeness (QED) is 0.615. The van der Waals surface area contributed by atoms with Crippen LogP contribution in [0.5, 0.6) is 0 Å². The summed E-state index contributed by atoms with van der Waals surface area (Å²) in [6.45, 7) is 0. The molecule has 0 amide bonds. The van der Waals surface area contributed by atoms with Crippen LogP contribution < -0.4 is 0 Å². The number of rotatable bonds is 0. The first kappa shape index (κ1) is 11.5. The van der Waals surface area contributed by atoms with Crippen molar-refractivity contribution in [2.45, 2.75) is 8.56 Å². The first-order chi connectivity index (χ1) is 6.98. The second-order valence-electron chi connectivity index (χ2n) is 3.19. The van der Waals surface area contributed by atoms with Crippen molar-refractivity contribution >= 4 is 65.0 Å². The van der Waals surface area contributed by atoms with Crippen LogP contribution in [0, 0.1) is 0 Å². The molecule has 2 nitrogen and oxygen atoms in total. The van der Waals surface area contributed by atoms with Crippen molar-refractivity contribution in [3.05, 3.63) is 29.8 Å². The highest BCUT2D eigenvalue weighted by Crippen LogP contribution is 2.39. The number of hydrogen-bond acceptors (Lipinski definition) is 2. The van der Waals surface area contributed by atoms with E-state index in [1.54, 1.807) is 0 Å². The molecule has 0 saturated heterocycles. The van der Waals surface area contributed by atoms with Crippen LogP contribution in [0.15, 0.2) is 29.3 Å². The zero-order valence-corrected chi connectivity index (χ0v) is 12.3. The van der Waals surface area contributed by atoms with Crippen LogP contribution in [0.25, 0.3) is 0 Å². The van der Waals surface area contributed by atoms with Crippen molar-refractivity contribution in [2.24, 2.45) is 4.99 Å². The lowest BCUT2D eigenvalue weighted by Crippen LogP contribution is -2.30. The molecule has 1 aliphatic heterocycles. The Morgan fingerprint density at radius 2 is 1.87 bits per heavy atom. The second-order valence-corrected chi connectivity index (χ2v) is 9.95. The van der Waals surface area contributed by atoms with Gasteiger partial charge in [-0.3, -0.25) is 4.79 Å². The maximum Gasteiger partial charge on any atom is 0.184 e. The minimum absolute atomic E-state index is 0.0133. The standard InChI is InChI=1S/C10H6Br3NO/c11-10(12,13)9-8(15)5-6-3-1-2-4-7(6)14-9/h1-4H,5H2. The van der Waals surface area contributed by atoms with Gasteiger partial charge in [-0.2, -0.15) is 0 Å². The van der Waals surface area contributed by atoms with E-state index in [0.29, 0.717) is 12.1 Å². The Labute approximate surface area is 113 Å². The minimum atomic E-state index is -0.725. The zero-order chi connectivity index (χ0) is 11.1. The number of halogens is 3.